The number of amides is 1. The minimum absolute atomic E-state index is 0.230. The highest BCUT2D eigenvalue weighted by Gasteiger charge is 2.22. The van der Waals surface area contributed by atoms with Crippen molar-refractivity contribution in [2.24, 2.45) is 0 Å². The van der Waals surface area contributed by atoms with Gasteiger partial charge in [0, 0.05) is 12.0 Å². The molecule has 3 rings (SSSR count). The third-order valence-electron chi connectivity index (χ3n) is 4.19. The van der Waals surface area contributed by atoms with Crippen molar-refractivity contribution in [2.75, 3.05) is 0 Å². The molecule has 0 saturated carbocycles. The Morgan fingerprint density at radius 1 is 1.00 bits per heavy atom. The van der Waals surface area contributed by atoms with E-state index < -0.39 is 12.0 Å². The first-order chi connectivity index (χ1) is 12.0. The van der Waals surface area contributed by atoms with Crippen LogP contribution in [0.2, 0.25) is 0 Å². The van der Waals surface area contributed by atoms with Crippen LogP contribution in [0.3, 0.4) is 0 Å². The lowest BCUT2D eigenvalue weighted by Gasteiger charge is -2.16. The van der Waals surface area contributed by atoms with Crippen molar-refractivity contribution in [1.29, 1.82) is 0 Å². The third kappa shape index (κ3) is 3.86. The molecule has 4 nitrogen and oxygen atoms in total. The van der Waals surface area contributed by atoms with Crippen molar-refractivity contribution in [1.82, 2.24) is 5.32 Å². The molecule has 25 heavy (non-hydrogen) atoms. The standard InChI is InChI=1S/C21H19NO3/c1-14-6-4-10-17(12-14)20(23)22-19(21(24)25)13-16-9-5-8-15-7-2-3-11-18(15)16/h2-12,19H,13H2,1H3,(H,22,23)(H,24,25)/t19-/m0/s1. The van der Waals surface area contributed by atoms with Crippen LogP contribution in [-0.2, 0) is 11.2 Å². The molecule has 3 aromatic carbocycles. The first kappa shape index (κ1) is 16.7. The van der Waals surface area contributed by atoms with Crippen LogP contribution in [0.15, 0.2) is 66.7 Å². The highest BCUT2D eigenvalue weighted by Crippen LogP contribution is 2.20. The molecule has 1 atom stereocenters. The van der Waals surface area contributed by atoms with E-state index in [4.69, 9.17) is 0 Å². The fraction of sp³-hybridized carbons (Fsp3) is 0.143. The lowest BCUT2D eigenvalue weighted by atomic mass is 9.98. The average molecular weight is 333 g/mol. The number of carboxylic acid groups (broad SMARTS) is 1. The van der Waals surface area contributed by atoms with E-state index in [0.29, 0.717) is 5.56 Å². The Balaban J connectivity index is 1.84. The van der Waals surface area contributed by atoms with E-state index >= 15 is 0 Å². The van der Waals surface area contributed by atoms with Crippen LogP contribution in [0, 0.1) is 6.92 Å². The SMILES string of the molecule is Cc1cccc(C(=O)N[C@@H](Cc2cccc3ccccc23)C(=O)O)c1. The summed E-state index contributed by atoms with van der Waals surface area (Å²) in [4.78, 5) is 24.1. The molecule has 0 fully saturated rings. The van der Waals surface area contributed by atoms with Crippen molar-refractivity contribution < 1.29 is 14.7 Å². The van der Waals surface area contributed by atoms with Gasteiger partial charge in [-0.3, -0.25) is 4.79 Å². The van der Waals surface area contributed by atoms with Gasteiger partial charge in [-0.1, -0.05) is 60.2 Å². The predicted molar refractivity (Wildman–Crippen MR) is 97.7 cm³/mol. The van der Waals surface area contributed by atoms with Crippen molar-refractivity contribution in [3.63, 3.8) is 0 Å². The van der Waals surface area contributed by atoms with Gasteiger partial charge < -0.3 is 10.4 Å². The second kappa shape index (κ2) is 7.18. The molecule has 0 heterocycles. The summed E-state index contributed by atoms with van der Waals surface area (Å²) in [6.07, 6.45) is 0.230. The monoisotopic (exact) mass is 333 g/mol. The maximum atomic E-state index is 12.4. The Kier molecular flexibility index (Phi) is 4.80. The average Bonchev–Trinajstić information content (AvgIpc) is 2.61. The fourth-order valence-corrected chi connectivity index (χ4v) is 2.92. The number of carbonyl (C=O) groups is 2. The molecule has 0 aliphatic carbocycles. The van der Waals surface area contributed by atoms with Crippen LogP contribution in [0.5, 0.6) is 0 Å². The van der Waals surface area contributed by atoms with Gasteiger partial charge in [-0.05, 0) is 35.4 Å². The van der Waals surface area contributed by atoms with Crippen LogP contribution in [0.25, 0.3) is 10.8 Å². The number of rotatable bonds is 5. The zero-order valence-electron chi connectivity index (χ0n) is 13.9. The third-order valence-corrected chi connectivity index (χ3v) is 4.19. The molecule has 0 bridgehead atoms. The zero-order chi connectivity index (χ0) is 17.8. The van der Waals surface area contributed by atoms with E-state index in [2.05, 4.69) is 5.32 Å². The molecule has 0 aromatic heterocycles. The van der Waals surface area contributed by atoms with Gasteiger partial charge >= 0.3 is 5.97 Å². The fourth-order valence-electron chi connectivity index (χ4n) is 2.92. The van der Waals surface area contributed by atoms with E-state index in [1.165, 1.54) is 0 Å². The molecule has 126 valence electrons. The summed E-state index contributed by atoms with van der Waals surface area (Å²) in [6.45, 7) is 1.89. The van der Waals surface area contributed by atoms with Gasteiger partial charge in [-0.25, -0.2) is 4.79 Å². The lowest BCUT2D eigenvalue weighted by molar-refractivity contribution is -0.139. The maximum Gasteiger partial charge on any atom is 0.326 e. The lowest BCUT2D eigenvalue weighted by Crippen LogP contribution is -2.42. The van der Waals surface area contributed by atoms with E-state index in [-0.39, 0.29) is 12.3 Å². The Morgan fingerprint density at radius 2 is 1.72 bits per heavy atom. The molecule has 4 heteroatoms. The van der Waals surface area contributed by atoms with Crippen molar-refractivity contribution in [3.05, 3.63) is 83.4 Å². The largest absolute Gasteiger partial charge is 0.480 e. The van der Waals surface area contributed by atoms with Crippen LogP contribution in [-0.4, -0.2) is 23.0 Å². The predicted octanol–water partition coefficient (Wildman–Crippen LogP) is 3.57. The molecule has 0 aliphatic heterocycles. The Labute approximate surface area is 146 Å². The molecule has 3 aromatic rings. The first-order valence-corrected chi connectivity index (χ1v) is 8.11. The van der Waals surface area contributed by atoms with Crippen LogP contribution in [0.4, 0.5) is 0 Å². The van der Waals surface area contributed by atoms with Gasteiger partial charge in [-0.2, -0.15) is 0 Å². The van der Waals surface area contributed by atoms with Crippen molar-refractivity contribution in [3.8, 4) is 0 Å². The van der Waals surface area contributed by atoms with Crippen molar-refractivity contribution in [2.45, 2.75) is 19.4 Å². The minimum Gasteiger partial charge on any atom is -0.480 e. The van der Waals surface area contributed by atoms with E-state index in [1.54, 1.807) is 18.2 Å². The molecule has 2 N–H and O–H groups in total. The number of aliphatic carboxylic acids is 1. The van der Waals surface area contributed by atoms with Gasteiger partial charge in [-0.15, -0.1) is 0 Å². The number of fused-ring (bicyclic) bond motifs is 1. The van der Waals surface area contributed by atoms with Gasteiger partial charge in [0.2, 0.25) is 0 Å². The van der Waals surface area contributed by atoms with Gasteiger partial charge in [0.15, 0.2) is 0 Å². The van der Waals surface area contributed by atoms with Crippen molar-refractivity contribution >= 4 is 22.6 Å². The van der Waals surface area contributed by atoms with Gasteiger partial charge in [0.05, 0.1) is 0 Å². The summed E-state index contributed by atoms with van der Waals surface area (Å²) in [7, 11) is 0. The van der Waals surface area contributed by atoms with E-state index in [0.717, 1.165) is 21.9 Å². The molecule has 0 radical (unpaired) electrons. The highest BCUT2D eigenvalue weighted by atomic mass is 16.4. The number of aryl methyl sites for hydroxylation is 1. The summed E-state index contributed by atoms with van der Waals surface area (Å²) < 4.78 is 0. The first-order valence-electron chi connectivity index (χ1n) is 8.11. The summed E-state index contributed by atoms with van der Waals surface area (Å²) in [6, 6.07) is 19.7. The van der Waals surface area contributed by atoms with Crippen LogP contribution < -0.4 is 5.32 Å². The van der Waals surface area contributed by atoms with Gasteiger partial charge in [0.1, 0.15) is 6.04 Å². The Bertz CT molecular complexity index is 928. The molecular formula is C21H19NO3. The highest BCUT2D eigenvalue weighted by molar-refractivity contribution is 5.97. The summed E-state index contributed by atoms with van der Waals surface area (Å²) in [5.41, 5.74) is 2.31. The number of benzene rings is 3. The summed E-state index contributed by atoms with van der Waals surface area (Å²) >= 11 is 0. The number of carboxylic acids is 1. The Hall–Kier alpha value is -3.14. The van der Waals surface area contributed by atoms with E-state index in [9.17, 15) is 14.7 Å². The molecule has 1 amide bonds. The number of hydrogen-bond donors (Lipinski definition) is 2. The van der Waals surface area contributed by atoms with Crippen LogP contribution in [0.1, 0.15) is 21.5 Å². The molecule has 0 aliphatic rings. The molecule has 0 saturated heterocycles. The normalized spacial score (nSPS) is 11.9. The molecule has 0 unspecified atom stereocenters. The summed E-state index contributed by atoms with van der Waals surface area (Å²) in [5, 5.41) is 14.2. The number of hydrogen-bond acceptors (Lipinski definition) is 2. The number of nitrogens with one attached hydrogen (secondary N) is 1. The zero-order valence-corrected chi connectivity index (χ0v) is 13.9. The topological polar surface area (TPSA) is 66.4 Å². The smallest absolute Gasteiger partial charge is 0.326 e. The van der Waals surface area contributed by atoms with E-state index in [1.807, 2.05) is 55.5 Å². The Morgan fingerprint density at radius 3 is 2.48 bits per heavy atom. The minimum atomic E-state index is -1.05. The second-order valence-electron chi connectivity index (χ2n) is 6.08. The quantitative estimate of drug-likeness (QED) is 0.750. The van der Waals surface area contributed by atoms with Gasteiger partial charge in [0.25, 0.3) is 5.91 Å². The summed E-state index contributed by atoms with van der Waals surface area (Å²) in [5.74, 6) is -1.43. The molecule has 0 spiro atoms. The second-order valence-corrected chi connectivity index (χ2v) is 6.08. The number of carbonyl (C=O) groups excluding carboxylic acids is 1. The van der Waals surface area contributed by atoms with Crippen LogP contribution >= 0.6 is 0 Å². The maximum absolute atomic E-state index is 12.4. The molecular weight excluding hydrogens is 314 g/mol.